The van der Waals surface area contributed by atoms with E-state index < -0.39 is 0 Å². The molecule has 0 spiro atoms. The number of rotatable bonds is 6. The zero-order chi connectivity index (χ0) is 14.8. The summed E-state index contributed by atoms with van der Waals surface area (Å²) in [6, 6.07) is 7.26. The second-order valence-electron chi connectivity index (χ2n) is 6.26. The van der Waals surface area contributed by atoms with Crippen molar-refractivity contribution in [2.75, 3.05) is 33.9 Å². The van der Waals surface area contributed by atoms with Gasteiger partial charge in [-0.2, -0.15) is 0 Å². The van der Waals surface area contributed by atoms with Gasteiger partial charge in [-0.3, -0.25) is 0 Å². The molecular weight excluding hydrogens is 264 g/mol. The largest absolute Gasteiger partial charge is 0.486 e. The SMILES string of the molecule is CNC(CN(C)C(C)C1CC1)c1ccc2c(c1)OCCO2. The molecule has 4 heteroatoms. The molecule has 0 amide bonds. The monoisotopic (exact) mass is 290 g/mol. The maximum Gasteiger partial charge on any atom is 0.161 e. The summed E-state index contributed by atoms with van der Waals surface area (Å²) in [7, 11) is 4.25. The van der Waals surface area contributed by atoms with Gasteiger partial charge in [0, 0.05) is 18.6 Å². The molecule has 2 unspecified atom stereocenters. The molecule has 1 saturated carbocycles. The summed E-state index contributed by atoms with van der Waals surface area (Å²) in [5.74, 6) is 2.63. The van der Waals surface area contributed by atoms with Crippen LogP contribution in [-0.4, -0.2) is 44.8 Å². The van der Waals surface area contributed by atoms with Gasteiger partial charge in [-0.1, -0.05) is 6.07 Å². The van der Waals surface area contributed by atoms with Crippen LogP contribution in [0.15, 0.2) is 18.2 Å². The summed E-state index contributed by atoms with van der Waals surface area (Å²) in [4.78, 5) is 2.47. The van der Waals surface area contributed by atoms with Crippen LogP contribution in [0.5, 0.6) is 11.5 Å². The van der Waals surface area contributed by atoms with Gasteiger partial charge < -0.3 is 19.7 Å². The van der Waals surface area contributed by atoms with Gasteiger partial charge in [0.25, 0.3) is 0 Å². The first kappa shape index (κ1) is 14.7. The quantitative estimate of drug-likeness (QED) is 0.872. The first-order chi connectivity index (χ1) is 10.2. The third kappa shape index (κ3) is 3.33. The minimum absolute atomic E-state index is 0.312. The molecule has 0 aromatic heterocycles. The Bertz CT molecular complexity index is 488. The fourth-order valence-corrected chi connectivity index (χ4v) is 3.03. The molecule has 2 atom stereocenters. The van der Waals surface area contributed by atoms with Crippen molar-refractivity contribution in [2.45, 2.75) is 31.8 Å². The van der Waals surface area contributed by atoms with Crippen LogP contribution in [0.3, 0.4) is 0 Å². The molecule has 2 aliphatic rings. The lowest BCUT2D eigenvalue weighted by molar-refractivity contribution is 0.171. The van der Waals surface area contributed by atoms with Crippen LogP contribution in [0.1, 0.15) is 31.4 Å². The van der Waals surface area contributed by atoms with Crippen LogP contribution in [-0.2, 0) is 0 Å². The maximum atomic E-state index is 5.69. The van der Waals surface area contributed by atoms with Crippen molar-refractivity contribution in [3.8, 4) is 11.5 Å². The Morgan fingerprint density at radius 2 is 1.95 bits per heavy atom. The van der Waals surface area contributed by atoms with Crippen molar-refractivity contribution < 1.29 is 9.47 Å². The predicted octanol–water partition coefficient (Wildman–Crippen LogP) is 2.45. The molecule has 1 heterocycles. The van der Waals surface area contributed by atoms with Gasteiger partial charge in [-0.05, 0) is 57.5 Å². The summed E-state index contributed by atoms with van der Waals surface area (Å²) < 4.78 is 11.3. The van der Waals surface area contributed by atoms with Gasteiger partial charge in [0.05, 0.1) is 0 Å². The van der Waals surface area contributed by atoms with E-state index >= 15 is 0 Å². The molecule has 1 aromatic carbocycles. The summed E-state index contributed by atoms with van der Waals surface area (Å²) in [6.45, 7) is 4.63. The lowest BCUT2D eigenvalue weighted by atomic mass is 10.0. The second-order valence-corrected chi connectivity index (χ2v) is 6.26. The van der Waals surface area contributed by atoms with E-state index in [4.69, 9.17) is 9.47 Å². The van der Waals surface area contributed by atoms with Crippen molar-refractivity contribution in [2.24, 2.45) is 5.92 Å². The minimum Gasteiger partial charge on any atom is -0.486 e. The van der Waals surface area contributed by atoms with Crippen molar-refractivity contribution in [3.05, 3.63) is 23.8 Å². The van der Waals surface area contributed by atoms with Gasteiger partial charge in [0.15, 0.2) is 11.5 Å². The van der Waals surface area contributed by atoms with E-state index in [0.29, 0.717) is 25.3 Å². The molecule has 0 saturated heterocycles. The number of likely N-dealkylation sites (N-methyl/N-ethyl adjacent to an activating group) is 2. The highest BCUT2D eigenvalue weighted by atomic mass is 16.6. The molecule has 1 aliphatic heterocycles. The fraction of sp³-hybridized carbons (Fsp3) is 0.647. The van der Waals surface area contributed by atoms with Gasteiger partial charge in [-0.15, -0.1) is 0 Å². The Hall–Kier alpha value is -1.26. The third-order valence-electron chi connectivity index (χ3n) is 4.79. The molecule has 1 fully saturated rings. The highest BCUT2D eigenvalue weighted by molar-refractivity contribution is 5.44. The molecule has 4 nitrogen and oxygen atoms in total. The van der Waals surface area contributed by atoms with Crippen LogP contribution in [0.4, 0.5) is 0 Å². The average Bonchev–Trinajstić information content (AvgIpc) is 3.36. The zero-order valence-corrected chi connectivity index (χ0v) is 13.3. The van der Waals surface area contributed by atoms with E-state index in [1.807, 2.05) is 13.1 Å². The van der Waals surface area contributed by atoms with Crippen molar-refractivity contribution >= 4 is 0 Å². The molecule has 116 valence electrons. The predicted molar refractivity (Wildman–Crippen MR) is 84.0 cm³/mol. The van der Waals surface area contributed by atoms with E-state index in [1.54, 1.807) is 0 Å². The Kier molecular flexibility index (Phi) is 4.36. The first-order valence-corrected chi connectivity index (χ1v) is 7.96. The molecule has 1 N–H and O–H groups in total. The number of hydrogen-bond donors (Lipinski definition) is 1. The molecule has 1 aliphatic carbocycles. The van der Waals surface area contributed by atoms with E-state index in [0.717, 1.165) is 24.0 Å². The third-order valence-corrected chi connectivity index (χ3v) is 4.79. The van der Waals surface area contributed by atoms with Gasteiger partial charge in [0.1, 0.15) is 13.2 Å². The van der Waals surface area contributed by atoms with Crippen LogP contribution in [0, 0.1) is 5.92 Å². The Balaban J connectivity index is 1.70. The van der Waals surface area contributed by atoms with E-state index in [-0.39, 0.29) is 0 Å². The van der Waals surface area contributed by atoms with Crippen LogP contribution >= 0.6 is 0 Å². The number of fused-ring (bicyclic) bond motifs is 1. The molecule has 1 aromatic rings. The fourth-order valence-electron chi connectivity index (χ4n) is 3.03. The second kappa shape index (κ2) is 6.24. The summed E-state index contributed by atoms with van der Waals surface area (Å²) in [5.41, 5.74) is 1.26. The molecule has 21 heavy (non-hydrogen) atoms. The maximum absolute atomic E-state index is 5.69. The molecule has 0 bridgehead atoms. The Morgan fingerprint density at radius 1 is 1.24 bits per heavy atom. The number of benzene rings is 1. The van der Waals surface area contributed by atoms with E-state index in [2.05, 4.69) is 36.3 Å². The smallest absolute Gasteiger partial charge is 0.161 e. The Morgan fingerprint density at radius 3 is 2.62 bits per heavy atom. The van der Waals surface area contributed by atoms with Crippen LogP contribution < -0.4 is 14.8 Å². The van der Waals surface area contributed by atoms with Crippen molar-refractivity contribution in [1.29, 1.82) is 0 Å². The highest BCUT2D eigenvalue weighted by Gasteiger charge is 2.31. The lowest BCUT2D eigenvalue weighted by Crippen LogP contribution is -2.37. The lowest BCUT2D eigenvalue weighted by Gasteiger charge is -2.30. The highest BCUT2D eigenvalue weighted by Crippen LogP contribution is 2.36. The minimum atomic E-state index is 0.312. The van der Waals surface area contributed by atoms with Crippen molar-refractivity contribution in [3.63, 3.8) is 0 Å². The average molecular weight is 290 g/mol. The number of ether oxygens (including phenoxy) is 2. The molecule has 0 radical (unpaired) electrons. The Labute approximate surface area is 127 Å². The van der Waals surface area contributed by atoms with Gasteiger partial charge in [-0.25, -0.2) is 0 Å². The van der Waals surface area contributed by atoms with E-state index in [9.17, 15) is 0 Å². The van der Waals surface area contributed by atoms with Crippen LogP contribution in [0.25, 0.3) is 0 Å². The van der Waals surface area contributed by atoms with E-state index in [1.165, 1.54) is 18.4 Å². The first-order valence-electron chi connectivity index (χ1n) is 7.96. The standard InChI is InChI=1S/C17H26N2O2/c1-12(13-4-5-13)19(3)11-15(18-2)14-6-7-16-17(10-14)21-9-8-20-16/h6-7,10,12-13,15,18H,4-5,8-9,11H2,1-3H3. The summed E-state index contributed by atoms with van der Waals surface area (Å²) in [6.07, 6.45) is 2.78. The molecular formula is C17H26N2O2. The summed E-state index contributed by atoms with van der Waals surface area (Å²) >= 11 is 0. The van der Waals surface area contributed by atoms with Crippen LogP contribution in [0.2, 0.25) is 0 Å². The van der Waals surface area contributed by atoms with Crippen molar-refractivity contribution in [1.82, 2.24) is 10.2 Å². The summed E-state index contributed by atoms with van der Waals surface area (Å²) in [5, 5.41) is 3.43. The number of nitrogens with zero attached hydrogens (tertiary/aromatic N) is 1. The number of nitrogens with one attached hydrogen (secondary N) is 1. The molecule has 3 rings (SSSR count). The van der Waals surface area contributed by atoms with Gasteiger partial charge >= 0.3 is 0 Å². The topological polar surface area (TPSA) is 33.7 Å². The normalized spacial score (nSPS) is 20.4. The zero-order valence-electron chi connectivity index (χ0n) is 13.3. The van der Waals surface area contributed by atoms with Gasteiger partial charge in [0.2, 0.25) is 0 Å². The number of hydrogen-bond acceptors (Lipinski definition) is 4.